The van der Waals surface area contributed by atoms with E-state index in [1.165, 1.54) is 32.1 Å². The van der Waals surface area contributed by atoms with Crippen LogP contribution >= 0.6 is 12.6 Å². The van der Waals surface area contributed by atoms with Crippen molar-refractivity contribution in [1.29, 1.82) is 0 Å². The van der Waals surface area contributed by atoms with E-state index in [1.54, 1.807) is 0 Å². The molecule has 0 aromatic heterocycles. The van der Waals surface area contributed by atoms with Crippen LogP contribution in [-0.4, -0.2) is 13.1 Å². The number of rotatable bonds is 0. The fourth-order valence-corrected chi connectivity index (χ4v) is 3.65. The van der Waals surface area contributed by atoms with Gasteiger partial charge < -0.3 is 0 Å². The summed E-state index contributed by atoms with van der Waals surface area (Å²) in [6.45, 7) is 2.33. The zero-order chi connectivity index (χ0) is 8.11. The average molecular weight is 166 g/mol. The Hall–Kier alpha value is 0.415. The number of hydrogen-bond acceptors (Lipinski definition) is 1. The monoisotopic (exact) mass is 166 g/mol. The molecule has 2 rings (SSSR count). The standard InChI is InChI=1S/C9H15BS/c1-8-4-2-3-5-9(8,10)7(11)6-8/h7,11H,2-6H2,1H3/t7-,8?,9-/m1/s1. The summed E-state index contributed by atoms with van der Waals surface area (Å²) < 4.78 is 0. The molecule has 0 bridgehead atoms. The molecule has 2 saturated carbocycles. The Labute approximate surface area is 76.0 Å². The Morgan fingerprint density at radius 1 is 1.36 bits per heavy atom. The van der Waals surface area contributed by atoms with Crippen LogP contribution in [0.15, 0.2) is 0 Å². The Morgan fingerprint density at radius 2 is 2.00 bits per heavy atom. The van der Waals surface area contributed by atoms with Gasteiger partial charge in [0.05, 0.1) is 7.85 Å². The number of hydrogen-bond donors (Lipinski definition) is 1. The summed E-state index contributed by atoms with van der Waals surface area (Å²) in [7, 11) is 6.31. The van der Waals surface area contributed by atoms with Crippen LogP contribution < -0.4 is 0 Å². The number of thiol groups is 1. The van der Waals surface area contributed by atoms with E-state index in [-0.39, 0.29) is 5.31 Å². The van der Waals surface area contributed by atoms with Gasteiger partial charge in [0, 0.05) is 5.25 Å². The normalized spacial score (nSPS) is 56.4. The largest absolute Gasteiger partial charge is 0.176 e. The second-order valence-electron chi connectivity index (χ2n) is 4.53. The van der Waals surface area contributed by atoms with E-state index >= 15 is 0 Å². The minimum absolute atomic E-state index is 0.0777. The molecule has 1 unspecified atom stereocenters. The summed E-state index contributed by atoms with van der Waals surface area (Å²) in [5.74, 6) is 0. The maximum Gasteiger partial charge on any atom is 0.0768 e. The SMILES string of the molecule is [B][C@@]12CCCCC1(C)C[C@H]2S. The van der Waals surface area contributed by atoms with Crippen LogP contribution in [0.25, 0.3) is 0 Å². The first-order valence-electron chi connectivity index (χ1n) is 4.55. The molecule has 2 aliphatic carbocycles. The lowest BCUT2D eigenvalue weighted by atomic mass is 9.36. The topological polar surface area (TPSA) is 0 Å². The van der Waals surface area contributed by atoms with Crippen molar-refractivity contribution in [2.75, 3.05) is 0 Å². The summed E-state index contributed by atoms with van der Waals surface area (Å²) in [5, 5.41) is 0.543. The van der Waals surface area contributed by atoms with Crippen molar-refractivity contribution < 1.29 is 0 Å². The molecule has 0 heterocycles. The molecule has 2 fully saturated rings. The Kier molecular flexibility index (Phi) is 1.62. The van der Waals surface area contributed by atoms with E-state index in [9.17, 15) is 0 Å². The van der Waals surface area contributed by atoms with Crippen LogP contribution in [0.1, 0.15) is 39.0 Å². The minimum Gasteiger partial charge on any atom is -0.176 e. The molecule has 2 radical (unpaired) electrons. The summed E-state index contributed by atoms with van der Waals surface area (Å²) in [5.41, 5.74) is 0.428. The smallest absolute Gasteiger partial charge is 0.0768 e. The molecule has 0 amide bonds. The van der Waals surface area contributed by atoms with Gasteiger partial charge in [-0.05, 0) is 23.6 Å². The zero-order valence-corrected chi connectivity index (χ0v) is 8.03. The molecule has 60 valence electrons. The molecule has 0 saturated heterocycles. The number of fused-ring (bicyclic) bond motifs is 1. The summed E-state index contributed by atoms with van der Waals surface area (Å²) in [6.07, 6.45) is 6.42. The Morgan fingerprint density at radius 3 is 2.45 bits per heavy atom. The van der Waals surface area contributed by atoms with E-state index in [4.69, 9.17) is 7.85 Å². The van der Waals surface area contributed by atoms with Crippen molar-refractivity contribution in [2.24, 2.45) is 5.41 Å². The summed E-state index contributed by atoms with van der Waals surface area (Å²) >= 11 is 4.52. The molecule has 0 spiro atoms. The van der Waals surface area contributed by atoms with Gasteiger partial charge in [0.25, 0.3) is 0 Å². The minimum atomic E-state index is 0.0777. The predicted octanol–water partition coefficient (Wildman–Crippen LogP) is 2.60. The van der Waals surface area contributed by atoms with Crippen molar-refractivity contribution >= 4 is 20.5 Å². The van der Waals surface area contributed by atoms with Gasteiger partial charge >= 0.3 is 0 Å². The van der Waals surface area contributed by atoms with Crippen LogP contribution in [0.3, 0.4) is 0 Å². The molecule has 0 N–H and O–H groups in total. The van der Waals surface area contributed by atoms with Gasteiger partial charge in [0.15, 0.2) is 0 Å². The van der Waals surface area contributed by atoms with E-state index < -0.39 is 0 Å². The van der Waals surface area contributed by atoms with Gasteiger partial charge in [-0.3, -0.25) is 0 Å². The quantitative estimate of drug-likeness (QED) is 0.415. The molecule has 0 aromatic rings. The molecular formula is C9H15BS. The van der Waals surface area contributed by atoms with E-state index in [2.05, 4.69) is 19.6 Å². The molecule has 0 aromatic carbocycles. The van der Waals surface area contributed by atoms with E-state index in [1.807, 2.05) is 0 Å². The van der Waals surface area contributed by atoms with Gasteiger partial charge in [0.1, 0.15) is 0 Å². The van der Waals surface area contributed by atoms with Crippen LogP contribution in [0.5, 0.6) is 0 Å². The first-order valence-corrected chi connectivity index (χ1v) is 5.07. The van der Waals surface area contributed by atoms with Crippen LogP contribution in [0, 0.1) is 5.41 Å². The molecule has 3 atom stereocenters. The lowest BCUT2D eigenvalue weighted by Gasteiger charge is -2.64. The fourth-order valence-electron chi connectivity index (χ4n) is 2.81. The molecule has 0 aliphatic heterocycles. The lowest BCUT2D eigenvalue weighted by Crippen LogP contribution is -2.54. The van der Waals surface area contributed by atoms with Crippen molar-refractivity contribution in [3.8, 4) is 0 Å². The van der Waals surface area contributed by atoms with E-state index in [0.717, 1.165) is 0 Å². The predicted molar refractivity (Wildman–Crippen MR) is 52.4 cm³/mol. The summed E-state index contributed by atoms with van der Waals surface area (Å²) in [6, 6.07) is 0. The average Bonchev–Trinajstić information content (AvgIpc) is 1.96. The second-order valence-corrected chi connectivity index (χ2v) is 5.15. The zero-order valence-electron chi connectivity index (χ0n) is 7.14. The van der Waals surface area contributed by atoms with Crippen molar-refractivity contribution in [1.82, 2.24) is 0 Å². The van der Waals surface area contributed by atoms with Gasteiger partial charge in [-0.2, -0.15) is 12.6 Å². The maximum atomic E-state index is 6.31. The highest BCUT2D eigenvalue weighted by molar-refractivity contribution is 7.81. The van der Waals surface area contributed by atoms with Gasteiger partial charge in [0.2, 0.25) is 0 Å². The van der Waals surface area contributed by atoms with Crippen molar-refractivity contribution in [3.05, 3.63) is 0 Å². The molecule has 2 heteroatoms. The third kappa shape index (κ3) is 0.852. The first-order chi connectivity index (χ1) is 5.08. The Balaban J connectivity index is 2.21. The summed E-state index contributed by atoms with van der Waals surface area (Å²) in [4.78, 5) is 0. The maximum absolute atomic E-state index is 6.31. The van der Waals surface area contributed by atoms with Crippen LogP contribution in [-0.2, 0) is 0 Å². The van der Waals surface area contributed by atoms with Crippen LogP contribution in [0.2, 0.25) is 5.31 Å². The lowest BCUT2D eigenvalue weighted by molar-refractivity contribution is 0.0328. The second kappa shape index (κ2) is 2.22. The van der Waals surface area contributed by atoms with Crippen molar-refractivity contribution in [3.63, 3.8) is 0 Å². The van der Waals surface area contributed by atoms with Gasteiger partial charge in [-0.1, -0.05) is 26.2 Å². The molecular weight excluding hydrogens is 151 g/mol. The van der Waals surface area contributed by atoms with Crippen molar-refractivity contribution in [2.45, 2.75) is 49.6 Å². The molecule has 0 nitrogen and oxygen atoms in total. The first kappa shape index (κ1) is 8.03. The highest BCUT2D eigenvalue weighted by Gasteiger charge is 2.57. The molecule has 2 aliphatic rings. The van der Waals surface area contributed by atoms with E-state index in [0.29, 0.717) is 10.7 Å². The third-order valence-corrected chi connectivity index (χ3v) is 4.57. The molecule has 11 heavy (non-hydrogen) atoms. The highest BCUT2D eigenvalue weighted by Crippen LogP contribution is 2.69. The highest BCUT2D eigenvalue weighted by atomic mass is 32.1. The Bertz CT molecular complexity index is 178. The van der Waals surface area contributed by atoms with Gasteiger partial charge in [-0.15, -0.1) is 0 Å². The van der Waals surface area contributed by atoms with Crippen LogP contribution in [0.4, 0.5) is 0 Å². The fraction of sp³-hybridized carbons (Fsp3) is 1.00. The van der Waals surface area contributed by atoms with Gasteiger partial charge in [-0.25, -0.2) is 0 Å². The third-order valence-electron chi connectivity index (χ3n) is 3.93.